The second-order valence-corrected chi connectivity index (χ2v) is 15.0. The lowest BCUT2D eigenvalue weighted by molar-refractivity contribution is -0.192. The van der Waals surface area contributed by atoms with Gasteiger partial charge in [-0.15, -0.1) is 5.10 Å². The van der Waals surface area contributed by atoms with Gasteiger partial charge in [0.2, 0.25) is 5.91 Å². The number of nitrogens with one attached hydrogen (secondary N) is 3. The number of aryl methyl sites for hydroxylation is 2. The number of hydrogen-bond donors (Lipinski definition) is 4. The maximum atomic E-state index is 14.1. The number of piperidine rings is 2. The summed E-state index contributed by atoms with van der Waals surface area (Å²) < 4.78 is 31.7. The van der Waals surface area contributed by atoms with Gasteiger partial charge in [-0.1, -0.05) is 35.4 Å². The van der Waals surface area contributed by atoms with E-state index < -0.39 is 17.6 Å². The molecular weight excluding hydrogens is 671 g/mol. The van der Waals surface area contributed by atoms with Gasteiger partial charge >= 0.3 is 12.1 Å². The highest BCUT2D eigenvalue weighted by molar-refractivity contribution is 5.94. The minimum absolute atomic E-state index is 0.217. The number of aromatic amines is 2. The molecule has 4 N–H and O–H groups in total. The highest BCUT2D eigenvalue weighted by Crippen LogP contribution is 2.40. The number of fused-ring (bicyclic) bond motifs is 5. The standard InChI is InChI=1S/C37H45N7O.C2HF3O2/c1-22-14-23(2)16-27(15-22)35-34(24(3)19-38-13-12-25-8-11-30-31(17-25)42-43-41-30)29-18-33(39-20-32(29)40-35)37(4,5)36(45)44-21-26-6-9-28(44)10-7-26;3-2(4,5)1(6)7/h8,11,14-18,20,24,26,28,38,40H,6-7,9-10,12-13,19,21H2,1-5H3,(H,41,42,43);(H,6,7). The van der Waals surface area contributed by atoms with Crippen LogP contribution in [0.3, 0.4) is 0 Å². The van der Waals surface area contributed by atoms with Crippen molar-refractivity contribution in [3.05, 3.63) is 76.6 Å². The first-order chi connectivity index (χ1) is 24.6. The SMILES string of the molecule is Cc1cc(C)cc(-c2[nH]c3cnc(C(C)(C)C(=O)N4CC5CCC4CC5)cc3c2C(C)CNCCc2ccc3[nH]nnc3c2)c1.O=C(O)C(F)(F)F. The molecule has 1 amide bonds. The molecule has 1 atom stereocenters. The molecule has 3 aliphatic rings. The summed E-state index contributed by atoms with van der Waals surface area (Å²) in [6.45, 7) is 13.3. The fourth-order valence-electron chi connectivity index (χ4n) is 7.79. The van der Waals surface area contributed by atoms with Crippen molar-refractivity contribution >= 4 is 33.8 Å². The number of amides is 1. The number of hydrogen-bond acceptors (Lipinski definition) is 6. The first kappa shape index (κ1) is 37.0. The van der Waals surface area contributed by atoms with Crippen LogP contribution in [0.25, 0.3) is 33.2 Å². The number of halogens is 3. The lowest BCUT2D eigenvalue weighted by Crippen LogP contribution is -2.55. The average molecular weight is 718 g/mol. The summed E-state index contributed by atoms with van der Waals surface area (Å²) in [6.07, 6.45) is 2.57. The largest absolute Gasteiger partial charge is 0.490 e. The first-order valence-corrected chi connectivity index (χ1v) is 17.8. The van der Waals surface area contributed by atoms with Crippen molar-refractivity contribution in [2.75, 3.05) is 19.6 Å². The van der Waals surface area contributed by atoms with Crippen molar-refractivity contribution in [2.45, 2.75) is 90.3 Å². The number of carboxylic acids is 1. The number of alkyl halides is 3. The minimum atomic E-state index is -5.08. The molecule has 2 aromatic carbocycles. The van der Waals surface area contributed by atoms with Gasteiger partial charge in [0.15, 0.2) is 0 Å². The molecule has 0 spiro atoms. The van der Waals surface area contributed by atoms with Crippen molar-refractivity contribution in [1.82, 2.24) is 35.6 Å². The number of H-pyrrole nitrogens is 2. The van der Waals surface area contributed by atoms with E-state index in [9.17, 15) is 18.0 Å². The topological polar surface area (TPSA) is 140 Å². The van der Waals surface area contributed by atoms with Gasteiger partial charge in [0.25, 0.3) is 0 Å². The number of pyridine rings is 1. The number of aromatic nitrogens is 5. The van der Waals surface area contributed by atoms with E-state index in [1.807, 2.05) is 12.3 Å². The van der Waals surface area contributed by atoms with Crippen LogP contribution in [0.2, 0.25) is 0 Å². The van der Waals surface area contributed by atoms with Gasteiger partial charge in [-0.3, -0.25) is 14.9 Å². The second kappa shape index (κ2) is 14.7. The molecule has 0 radical (unpaired) electrons. The van der Waals surface area contributed by atoms with E-state index >= 15 is 0 Å². The quantitative estimate of drug-likeness (QED) is 0.117. The molecule has 3 aromatic heterocycles. The third kappa shape index (κ3) is 7.84. The van der Waals surface area contributed by atoms with Crippen LogP contribution in [0, 0.1) is 19.8 Å². The van der Waals surface area contributed by atoms with Crippen molar-refractivity contribution in [3.63, 3.8) is 0 Å². The van der Waals surface area contributed by atoms with Gasteiger partial charge in [-0.05, 0) is 125 Å². The number of aliphatic carboxylic acids is 1. The van der Waals surface area contributed by atoms with E-state index in [0.29, 0.717) is 12.0 Å². The minimum Gasteiger partial charge on any atom is -0.475 e. The Kier molecular flexibility index (Phi) is 10.4. The molecule has 10 nitrogen and oxygen atoms in total. The number of benzene rings is 2. The highest BCUT2D eigenvalue weighted by atomic mass is 19.4. The number of rotatable bonds is 9. The molecule has 52 heavy (non-hydrogen) atoms. The van der Waals surface area contributed by atoms with Crippen molar-refractivity contribution in [2.24, 2.45) is 5.92 Å². The van der Waals surface area contributed by atoms with Crippen molar-refractivity contribution < 1.29 is 27.9 Å². The lowest BCUT2D eigenvalue weighted by Gasteiger charge is -2.47. The molecular formula is C39H46F3N7O3. The van der Waals surface area contributed by atoms with Crippen LogP contribution in [0.5, 0.6) is 0 Å². The number of nitrogens with zero attached hydrogens (tertiary/aromatic N) is 4. The third-order valence-electron chi connectivity index (χ3n) is 10.5. The first-order valence-electron chi connectivity index (χ1n) is 17.8. The monoisotopic (exact) mass is 717 g/mol. The van der Waals surface area contributed by atoms with Crippen molar-refractivity contribution in [3.8, 4) is 11.3 Å². The van der Waals surface area contributed by atoms with E-state index in [1.54, 1.807) is 0 Å². The maximum Gasteiger partial charge on any atom is 0.490 e. The fraction of sp³-hybridized carbons (Fsp3) is 0.462. The van der Waals surface area contributed by atoms with Gasteiger partial charge in [-0.25, -0.2) is 4.79 Å². The lowest BCUT2D eigenvalue weighted by atomic mass is 9.77. The Morgan fingerprint density at radius 2 is 1.71 bits per heavy atom. The van der Waals surface area contributed by atoms with Crippen LogP contribution < -0.4 is 5.32 Å². The van der Waals surface area contributed by atoms with Gasteiger partial charge in [0.1, 0.15) is 5.52 Å². The van der Waals surface area contributed by atoms with E-state index in [1.165, 1.54) is 40.7 Å². The van der Waals surface area contributed by atoms with E-state index in [2.05, 4.69) is 102 Å². The Labute approximate surface area is 300 Å². The number of carbonyl (C=O) groups excluding carboxylic acids is 1. The van der Waals surface area contributed by atoms with Crippen LogP contribution in [-0.4, -0.2) is 79.1 Å². The number of carboxylic acid groups (broad SMARTS) is 1. The summed E-state index contributed by atoms with van der Waals surface area (Å²) in [5.74, 6) is -1.67. The Hall–Kier alpha value is -4.78. The van der Waals surface area contributed by atoms with Crippen LogP contribution in [0.1, 0.15) is 80.3 Å². The molecule has 13 heteroatoms. The molecule has 1 unspecified atom stereocenters. The molecule has 2 aliphatic heterocycles. The molecule has 2 saturated heterocycles. The Morgan fingerprint density at radius 3 is 2.35 bits per heavy atom. The predicted molar refractivity (Wildman–Crippen MR) is 194 cm³/mol. The summed E-state index contributed by atoms with van der Waals surface area (Å²) in [6, 6.07) is 15.6. The van der Waals surface area contributed by atoms with Gasteiger partial charge < -0.3 is 20.3 Å². The van der Waals surface area contributed by atoms with Crippen LogP contribution in [0.15, 0.2) is 48.7 Å². The zero-order chi connectivity index (χ0) is 37.4. The molecule has 3 fully saturated rings. The molecule has 2 bridgehead atoms. The second-order valence-electron chi connectivity index (χ2n) is 15.0. The van der Waals surface area contributed by atoms with E-state index in [0.717, 1.165) is 72.2 Å². The summed E-state index contributed by atoms with van der Waals surface area (Å²) >= 11 is 0. The molecule has 276 valence electrons. The van der Waals surface area contributed by atoms with Crippen molar-refractivity contribution in [1.29, 1.82) is 0 Å². The maximum absolute atomic E-state index is 14.1. The molecule has 1 saturated carbocycles. The van der Waals surface area contributed by atoms with Crippen LogP contribution >= 0.6 is 0 Å². The van der Waals surface area contributed by atoms with Crippen LogP contribution in [-0.2, 0) is 21.4 Å². The van der Waals surface area contributed by atoms with Gasteiger partial charge in [-0.2, -0.15) is 13.2 Å². The molecule has 5 aromatic rings. The third-order valence-corrected chi connectivity index (χ3v) is 10.5. The van der Waals surface area contributed by atoms with Gasteiger partial charge in [0, 0.05) is 24.5 Å². The molecule has 5 heterocycles. The van der Waals surface area contributed by atoms with Gasteiger partial charge in [0.05, 0.1) is 34.0 Å². The molecule has 1 aliphatic carbocycles. The summed E-state index contributed by atoms with van der Waals surface area (Å²) in [5.41, 5.74) is 10.3. The summed E-state index contributed by atoms with van der Waals surface area (Å²) in [5, 5.41) is 23.0. The molecule has 8 rings (SSSR count). The fourth-order valence-corrected chi connectivity index (χ4v) is 7.79. The Balaban J connectivity index is 0.000000604. The average Bonchev–Trinajstić information content (AvgIpc) is 3.74. The Morgan fingerprint density at radius 1 is 1.02 bits per heavy atom. The zero-order valence-corrected chi connectivity index (χ0v) is 30.2. The van der Waals surface area contributed by atoms with Crippen LogP contribution in [0.4, 0.5) is 13.2 Å². The smallest absolute Gasteiger partial charge is 0.475 e. The summed E-state index contributed by atoms with van der Waals surface area (Å²) in [7, 11) is 0. The zero-order valence-electron chi connectivity index (χ0n) is 30.2. The van der Waals surface area contributed by atoms with E-state index in [-0.39, 0.29) is 11.8 Å². The Bertz CT molecular complexity index is 2060. The normalized spacial score (nSPS) is 18.0. The summed E-state index contributed by atoms with van der Waals surface area (Å²) in [4.78, 5) is 33.8. The highest BCUT2D eigenvalue weighted by Gasteiger charge is 2.43. The van der Waals surface area contributed by atoms with E-state index in [4.69, 9.17) is 14.9 Å². The predicted octanol–water partition coefficient (Wildman–Crippen LogP) is 7.37. The number of carbonyl (C=O) groups is 2.